The van der Waals surface area contributed by atoms with Gasteiger partial charge in [-0.3, -0.25) is 4.90 Å². The SMILES string of the molecule is OC1(c2cn[nH]n2)CCN(CCc2ccc(F)c(F)c2)C1. The summed E-state index contributed by atoms with van der Waals surface area (Å²) in [5, 5.41) is 20.7. The van der Waals surface area contributed by atoms with Crippen molar-refractivity contribution in [1.29, 1.82) is 0 Å². The second-order valence-corrected chi connectivity index (χ2v) is 5.41. The van der Waals surface area contributed by atoms with E-state index in [1.54, 1.807) is 6.07 Å². The van der Waals surface area contributed by atoms with Crippen molar-refractivity contribution in [2.45, 2.75) is 18.4 Å². The molecule has 1 aliphatic rings. The third-order valence-corrected chi connectivity index (χ3v) is 3.92. The zero-order chi connectivity index (χ0) is 14.9. The first-order chi connectivity index (χ1) is 10.1. The zero-order valence-electron chi connectivity index (χ0n) is 11.4. The normalized spacial score (nSPS) is 22.8. The lowest BCUT2D eigenvalue weighted by atomic mass is 10.00. The second-order valence-electron chi connectivity index (χ2n) is 5.41. The molecule has 1 aromatic heterocycles. The van der Waals surface area contributed by atoms with Crippen LogP contribution in [0.4, 0.5) is 8.78 Å². The predicted octanol–water partition coefficient (Wildman–Crippen LogP) is 1.22. The number of β-amino-alcohol motifs (C(OH)–C–C–N with tert-alkyl or cyclic N) is 1. The molecule has 2 N–H and O–H groups in total. The van der Waals surface area contributed by atoms with Crippen molar-refractivity contribution in [3.05, 3.63) is 47.3 Å². The molecule has 5 nitrogen and oxygen atoms in total. The van der Waals surface area contributed by atoms with Crippen LogP contribution in [0.2, 0.25) is 0 Å². The summed E-state index contributed by atoms with van der Waals surface area (Å²) in [6, 6.07) is 3.94. The lowest BCUT2D eigenvalue weighted by Gasteiger charge is -2.21. The van der Waals surface area contributed by atoms with Gasteiger partial charge in [0, 0.05) is 19.6 Å². The Hall–Kier alpha value is -1.86. The Morgan fingerprint density at radius 2 is 2.19 bits per heavy atom. The lowest BCUT2D eigenvalue weighted by Crippen LogP contribution is -2.32. The highest BCUT2D eigenvalue weighted by molar-refractivity contribution is 5.18. The molecule has 0 saturated carbocycles. The number of likely N-dealkylation sites (tertiary alicyclic amines) is 1. The average molecular weight is 294 g/mol. The van der Waals surface area contributed by atoms with Gasteiger partial charge in [-0.1, -0.05) is 6.07 Å². The van der Waals surface area contributed by atoms with Crippen molar-refractivity contribution in [3.8, 4) is 0 Å². The van der Waals surface area contributed by atoms with Gasteiger partial charge in [0.15, 0.2) is 11.6 Å². The van der Waals surface area contributed by atoms with Gasteiger partial charge in [-0.05, 0) is 30.5 Å². The van der Waals surface area contributed by atoms with Crippen molar-refractivity contribution < 1.29 is 13.9 Å². The molecule has 1 aromatic carbocycles. The maximum Gasteiger partial charge on any atom is 0.159 e. The first-order valence-corrected chi connectivity index (χ1v) is 6.82. The number of aromatic amines is 1. The van der Waals surface area contributed by atoms with Crippen LogP contribution in [0.3, 0.4) is 0 Å². The first-order valence-electron chi connectivity index (χ1n) is 6.82. The number of H-pyrrole nitrogens is 1. The summed E-state index contributed by atoms with van der Waals surface area (Å²) in [6.45, 7) is 1.86. The summed E-state index contributed by atoms with van der Waals surface area (Å²) >= 11 is 0. The van der Waals surface area contributed by atoms with E-state index in [4.69, 9.17) is 0 Å². The molecular formula is C14H16F2N4O. The maximum atomic E-state index is 13.1. The summed E-state index contributed by atoms with van der Waals surface area (Å²) in [5.74, 6) is -1.66. The fourth-order valence-corrected chi connectivity index (χ4v) is 2.68. The molecule has 3 rings (SSSR count). The standard InChI is InChI=1S/C14H16F2N4O/c15-11-2-1-10(7-12(11)16)3-5-20-6-4-14(21,9-20)13-8-17-19-18-13/h1-2,7-8,21H,3-6,9H2,(H,17,18,19). The van der Waals surface area contributed by atoms with Crippen LogP contribution in [0, 0.1) is 11.6 Å². The van der Waals surface area contributed by atoms with Gasteiger partial charge in [-0.15, -0.1) is 0 Å². The van der Waals surface area contributed by atoms with E-state index < -0.39 is 17.2 Å². The largest absolute Gasteiger partial charge is 0.382 e. The van der Waals surface area contributed by atoms with Gasteiger partial charge in [0.1, 0.15) is 11.3 Å². The zero-order valence-corrected chi connectivity index (χ0v) is 11.4. The van der Waals surface area contributed by atoms with Crippen LogP contribution in [-0.2, 0) is 12.0 Å². The number of hydrogen-bond acceptors (Lipinski definition) is 4. The van der Waals surface area contributed by atoms with Crippen LogP contribution < -0.4 is 0 Å². The Morgan fingerprint density at radius 1 is 1.33 bits per heavy atom. The second kappa shape index (κ2) is 5.50. The van der Waals surface area contributed by atoms with Crippen LogP contribution in [0.5, 0.6) is 0 Å². The number of aromatic nitrogens is 3. The van der Waals surface area contributed by atoms with Crippen molar-refractivity contribution in [2.75, 3.05) is 19.6 Å². The van der Waals surface area contributed by atoms with Crippen molar-refractivity contribution in [3.63, 3.8) is 0 Å². The average Bonchev–Trinajstić information content (AvgIpc) is 3.11. The van der Waals surface area contributed by atoms with Crippen molar-refractivity contribution >= 4 is 0 Å². The third-order valence-electron chi connectivity index (χ3n) is 3.92. The minimum absolute atomic E-state index is 0.462. The van der Waals surface area contributed by atoms with Crippen LogP contribution >= 0.6 is 0 Å². The molecule has 1 aliphatic heterocycles. The molecule has 0 bridgehead atoms. The minimum Gasteiger partial charge on any atom is -0.382 e. The number of aliphatic hydroxyl groups is 1. The minimum atomic E-state index is -0.985. The van der Waals surface area contributed by atoms with E-state index in [0.29, 0.717) is 31.6 Å². The molecule has 21 heavy (non-hydrogen) atoms. The number of nitrogens with one attached hydrogen (secondary N) is 1. The van der Waals surface area contributed by atoms with Gasteiger partial charge >= 0.3 is 0 Å². The van der Waals surface area contributed by atoms with Crippen LogP contribution in [-0.4, -0.2) is 45.1 Å². The first kappa shape index (κ1) is 14.1. The molecule has 1 unspecified atom stereocenters. The molecular weight excluding hydrogens is 278 g/mol. The van der Waals surface area contributed by atoms with Crippen LogP contribution in [0.25, 0.3) is 0 Å². The highest BCUT2D eigenvalue weighted by Gasteiger charge is 2.39. The Bertz CT molecular complexity index is 619. The highest BCUT2D eigenvalue weighted by Crippen LogP contribution is 2.30. The lowest BCUT2D eigenvalue weighted by molar-refractivity contribution is 0.0418. The predicted molar refractivity (Wildman–Crippen MR) is 71.4 cm³/mol. The Labute approximate surface area is 120 Å². The van der Waals surface area contributed by atoms with Gasteiger partial charge in [0.05, 0.1) is 6.20 Å². The molecule has 1 atom stereocenters. The number of nitrogens with zero attached hydrogens (tertiary/aromatic N) is 3. The van der Waals surface area contributed by atoms with E-state index >= 15 is 0 Å². The fourth-order valence-electron chi connectivity index (χ4n) is 2.68. The van der Waals surface area contributed by atoms with Crippen molar-refractivity contribution in [2.24, 2.45) is 0 Å². The van der Waals surface area contributed by atoms with Crippen molar-refractivity contribution in [1.82, 2.24) is 20.3 Å². The van der Waals surface area contributed by atoms with Crippen LogP contribution in [0.15, 0.2) is 24.4 Å². The molecule has 1 fully saturated rings. The molecule has 112 valence electrons. The molecule has 1 saturated heterocycles. The quantitative estimate of drug-likeness (QED) is 0.890. The molecule has 7 heteroatoms. The number of benzene rings is 1. The molecule has 2 aromatic rings. The summed E-state index contributed by atoms with van der Waals surface area (Å²) in [5.41, 5.74) is 0.296. The molecule has 0 spiro atoms. The summed E-state index contributed by atoms with van der Waals surface area (Å²) in [4.78, 5) is 2.08. The summed E-state index contributed by atoms with van der Waals surface area (Å²) < 4.78 is 26.0. The maximum absolute atomic E-state index is 13.1. The number of hydrogen-bond donors (Lipinski definition) is 2. The van der Waals surface area contributed by atoms with Gasteiger partial charge < -0.3 is 5.11 Å². The molecule has 0 radical (unpaired) electrons. The Kier molecular flexibility index (Phi) is 3.69. The van der Waals surface area contributed by atoms with Crippen LogP contribution in [0.1, 0.15) is 17.7 Å². The summed E-state index contributed by atoms with van der Waals surface area (Å²) in [7, 11) is 0. The Morgan fingerprint density at radius 3 is 2.90 bits per heavy atom. The molecule has 2 heterocycles. The van der Waals surface area contributed by atoms with E-state index in [2.05, 4.69) is 20.3 Å². The summed E-state index contributed by atoms with van der Waals surface area (Å²) in [6.07, 6.45) is 2.71. The topological polar surface area (TPSA) is 65.0 Å². The monoisotopic (exact) mass is 294 g/mol. The fraction of sp³-hybridized carbons (Fsp3) is 0.429. The van der Waals surface area contributed by atoms with E-state index in [9.17, 15) is 13.9 Å². The van der Waals surface area contributed by atoms with E-state index in [-0.39, 0.29) is 0 Å². The number of rotatable bonds is 4. The molecule has 0 amide bonds. The highest BCUT2D eigenvalue weighted by atomic mass is 19.2. The van der Waals surface area contributed by atoms with Gasteiger partial charge in [-0.2, -0.15) is 15.4 Å². The van der Waals surface area contributed by atoms with E-state index in [1.807, 2.05) is 0 Å². The van der Waals surface area contributed by atoms with E-state index in [0.717, 1.165) is 18.2 Å². The van der Waals surface area contributed by atoms with Gasteiger partial charge in [0.25, 0.3) is 0 Å². The smallest absolute Gasteiger partial charge is 0.159 e. The van der Waals surface area contributed by atoms with Gasteiger partial charge in [0.2, 0.25) is 0 Å². The number of halogens is 2. The Balaban J connectivity index is 1.59. The third kappa shape index (κ3) is 2.93. The van der Waals surface area contributed by atoms with E-state index in [1.165, 1.54) is 12.3 Å². The molecule has 0 aliphatic carbocycles. The van der Waals surface area contributed by atoms with Gasteiger partial charge in [-0.25, -0.2) is 8.78 Å².